The van der Waals surface area contributed by atoms with Crippen LogP contribution in [-0.4, -0.2) is 22.1 Å². The second kappa shape index (κ2) is 7.32. The number of hydrogen-bond acceptors (Lipinski definition) is 5. The Kier molecular flexibility index (Phi) is 5.16. The van der Waals surface area contributed by atoms with E-state index < -0.39 is 0 Å². The molecular formula is C17H21ClFN5. The summed E-state index contributed by atoms with van der Waals surface area (Å²) in [5.41, 5.74) is 8.13. The Labute approximate surface area is 145 Å². The van der Waals surface area contributed by atoms with Crippen LogP contribution in [0.4, 0.5) is 15.9 Å². The molecular weight excluding hydrogens is 329 g/mol. The number of rotatable bonds is 5. The normalized spacial score (nSPS) is 20.2. The molecule has 7 heteroatoms. The summed E-state index contributed by atoms with van der Waals surface area (Å²) in [5, 5.41) is 6.71. The van der Waals surface area contributed by atoms with Gasteiger partial charge in [0.2, 0.25) is 5.28 Å². The third-order valence-corrected chi connectivity index (χ3v) is 4.51. The van der Waals surface area contributed by atoms with Crippen LogP contribution in [0.15, 0.2) is 24.4 Å². The summed E-state index contributed by atoms with van der Waals surface area (Å²) in [5.74, 6) is 0.400. The zero-order valence-corrected chi connectivity index (χ0v) is 14.3. The number of aryl methyl sites for hydroxylation is 1. The van der Waals surface area contributed by atoms with E-state index in [4.69, 9.17) is 17.3 Å². The van der Waals surface area contributed by atoms with Gasteiger partial charge in [-0.25, -0.2) is 14.4 Å². The van der Waals surface area contributed by atoms with E-state index >= 15 is 0 Å². The number of benzene rings is 1. The van der Waals surface area contributed by atoms with Crippen molar-refractivity contribution in [1.82, 2.24) is 9.97 Å². The van der Waals surface area contributed by atoms with Crippen molar-refractivity contribution in [3.63, 3.8) is 0 Å². The lowest BCUT2D eigenvalue weighted by molar-refractivity contribution is 0.629. The van der Waals surface area contributed by atoms with Gasteiger partial charge in [0.1, 0.15) is 11.6 Å². The molecule has 4 N–H and O–H groups in total. The number of nitrogens with one attached hydrogen (secondary N) is 2. The fraction of sp³-hybridized carbons (Fsp3) is 0.412. The molecule has 1 aliphatic rings. The Morgan fingerprint density at radius 2 is 2.21 bits per heavy atom. The minimum absolute atomic E-state index is 0.186. The van der Waals surface area contributed by atoms with Crippen LogP contribution in [0.3, 0.4) is 0 Å². The molecule has 1 aromatic carbocycles. The highest BCUT2D eigenvalue weighted by Crippen LogP contribution is 2.25. The minimum atomic E-state index is -0.277. The predicted octanol–water partition coefficient (Wildman–Crippen LogP) is 3.48. The van der Waals surface area contributed by atoms with Gasteiger partial charge in [-0.05, 0) is 49.4 Å². The van der Waals surface area contributed by atoms with E-state index in [0.29, 0.717) is 18.1 Å². The third-order valence-electron chi connectivity index (χ3n) is 4.33. The van der Waals surface area contributed by atoms with Gasteiger partial charge >= 0.3 is 0 Å². The molecule has 2 atom stereocenters. The van der Waals surface area contributed by atoms with Crippen LogP contribution in [0.25, 0.3) is 0 Å². The highest BCUT2D eigenvalue weighted by molar-refractivity contribution is 6.28. The lowest BCUT2D eigenvalue weighted by Crippen LogP contribution is -2.22. The number of halogens is 2. The van der Waals surface area contributed by atoms with Gasteiger partial charge in [-0.3, -0.25) is 0 Å². The van der Waals surface area contributed by atoms with E-state index in [9.17, 15) is 4.39 Å². The van der Waals surface area contributed by atoms with E-state index in [1.807, 2.05) is 13.0 Å². The molecule has 0 saturated heterocycles. The highest BCUT2D eigenvalue weighted by Gasteiger charge is 2.23. The number of hydrogen-bond donors (Lipinski definition) is 3. The molecule has 5 nitrogen and oxygen atoms in total. The monoisotopic (exact) mass is 349 g/mol. The summed E-state index contributed by atoms with van der Waals surface area (Å²) in [7, 11) is 0. The van der Waals surface area contributed by atoms with Gasteiger partial charge in [0.05, 0.1) is 5.69 Å². The van der Waals surface area contributed by atoms with Crippen molar-refractivity contribution >= 4 is 23.1 Å². The first kappa shape index (κ1) is 16.9. The van der Waals surface area contributed by atoms with E-state index in [-0.39, 0.29) is 23.2 Å². The van der Waals surface area contributed by atoms with Crippen LogP contribution in [0.1, 0.15) is 30.4 Å². The Morgan fingerprint density at radius 3 is 2.92 bits per heavy atom. The summed E-state index contributed by atoms with van der Waals surface area (Å²) in [6.07, 6.45) is 4.57. The number of aromatic nitrogens is 2. The van der Waals surface area contributed by atoms with Crippen molar-refractivity contribution in [2.75, 3.05) is 10.6 Å². The fourth-order valence-electron chi connectivity index (χ4n) is 3.02. The number of para-hydroxylation sites is 1. The molecule has 1 aliphatic carbocycles. The molecule has 0 aliphatic heterocycles. The SMILES string of the molecule is Cc1cccc(F)c1NCc1cnc(Cl)nc1NC1CCC(N)C1. The zero-order chi connectivity index (χ0) is 17.1. The first-order valence-electron chi connectivity index (χ1n) is 8.05. The number of anilines is 2. The number of nitrogens with two attached hydrogens (primary N) is 1. The predicted molar refractivity (Wildman–Crippen MR) is 94.7 cm³/mol. The average Bonchev–Trinajstić information content (AvgIpc) is 2.94. The van der Waals surface area contributed by atoms with Gasteiger partial charge in [-0.15, -0.1) is 0 Å². The van der Waals surface area contributed by atoms with Gasteiger partial charge < -0.3 is 16.4 Å². The van der Waals surface area contributed by atoms with Gasteiger partial charge in [-0.1, -0.05) is 12.1 Å². The van der Waals surface area contributed by atoms with Gasteiger partial charge in [0.15, 0.2) is 0 Å². The zero-order valence-electron chi connectivity index (χ0n) is 13.5. The standard InChI is InChI=1S/C17H21ClFN5/c1-10-3-2-4-14(19)15(10)21-8-11-9-22-17(18)24-16(11)23-13-6-5-12(20)7-13/h2-4,9,12-13,21H,5-8,20H2,1H3,(H,22,23,24). The second-order valence-corrected chi connectivity index (χ2v) is 6.55. The summed E-state index contributed by atoms with van der Waals surface area (Å²) in [4.78, 5) is 8.33. The molecule has 24 heavy (non-hydrogen) atoms. The van der Waals surface area contributed by atoms with Crippen molar-refractivity contribution in [2.24, 2.45) is 5.73 Å². The molecule has 1 heterocycles. The van der Waals surface area contributed by atoms with Crippen LogP contribution in [-0.2, 0) is 6.54 Å². The van der Waals surface area contributed by atoms with E-state index in [1.165, 1.54) is 6.07 Å². The minimum Gasteiger partial charge on any atom is -0.378 e. The molecule has 1 saturated carbocycles. The highest BCUT2D eigenvalue weighted by atomic mass is 35.5. The molecule has 2 aromatic rings. The first-order valence-corrected chi connectivity index (χ1v) is 8.43. The van der Waals surface area contributed by atoms with E-state index in [0.717, 1.165) is 30.4 Å². The maximum atomic E-state index is 13.9. The molecule has 0 spiro atoms. The smallest absolute Gasteiger partial charge is 0.224 e. The lowest BCUT2D eigenvalue weighted by atomic mass is 10.2. The summed E-state index contributed by atoms with van der Waals surface area (Å²) in [6, 6.07) is 5.50. The van der Waals surface area contributed by atoms with Gasteiger partial charge in [-0.2, -0.15) is 0 Å². The quantitative estimate of drug-likeness (QED) is 0.720. The van der Waals surface area contributed by atoms with Crippen molar-refractivity contribution in [2.45, 2.75) is 44.8 Å². The maximum absolute atomic E-state index is 13.9. The van der Waals surface area contributed by atoms with Crippen molar-refractivity contribution < 1.29 is 4.39 Å². The third kappa shape index (κ3) is 3.94. The molecule has 0 amide bonds. The van der Waals surface area contributed by atoms with Crippen LogP contribution in [0.5, 0.6) is 0 Å². The molecule has 3 rings (SSSR count). The lowest BCUT2D eigenvalue weighted by Gasteiger charge is -2.17. The van der Waals surface area contributed by atoms with Crippen molar-refractivity contribution in [1.29, 1.82) is 0 Å². The fourth-order valence-corrected chi connectivity index (χ4v) is 3.15. The molecule has 1 fully saturated rings. The number of nitrogens with zero attached hydrogens (tertiary/aromatic N) is 2. The maximum Gasteiger partial charge on any atom is 0.224 e. The Morgan fingerprint density at radius 1 is 1.38 bits per heavy atom. The Bertz CT molecular complexity index is 704. The van der Waals surface area contributed by atoms with E-state index in [2.05, 4.69) is 20.6 Å². The molecule has 0 radical (unpaired) electrons. The molecule has 2 unspecified atom stereocenters. The van der Waals surface area contributed by atoms with Crippen LogP contribution >= 0.6 is 11.6 Å². The van der Waals surface area contributed by atoms with Crippen LogP contribution < -0.4 is 16.4 Å². The first-order chi connectivity index (χ1) is 11.5. The van der Waals surface area contributed by atoms with Crippen LogP contribution in [0.2, 0.25) is 5.28 Å². The molecule has 0 bridgehead atoms. The second-order valence-electron chi connectivity index (χ2n) is 6.21. The largest absolute Gasteiger partial charge is 0.378 e. The topological polar surface area (TPSA) is 75.9 Å². The molecule has 128 valence electrons. The average molecular weight is 350 g/mol. The van der Waals surface area contributed by atoms with Crippen molar-refractivity contribution in [3.8, 4) is 0 Å². The van der Waals surface area contributed by atoms with Crippen molar-refractivity contribution in [3.05, 3.63) is 46.6 Å². The Hall–Kier alpha value is -1.92. The summed E-state index contributed by atoms with van der Waals surface area (Å²) >= 11 is 5.93. The van der Waals surface area contributed by atoms with E-state index in [1.54, 1.807) is 12.3 Å². The summed E-state index contributed by atoms with van der Waals surface area (Å²) in [6.45, 7) is 2.27. The summed E-state index contributed by atoms with van der Waals surface area (Å²) < 4.78 is 13.9. The molecule has 1 aromatic heterocycles. The van der Waals surface area contributed by atoms with Gasteiger partial charge in [0.25, 0.3) is 0 Å². The Balaban J connectivity index is 1.75. The van der Waals surface area contributed by atoms with Gasteiger partial charge in [0, 0.05) is 30.4 Å². The van der Waals surface area contributed by atoms with Crippen LogP contribution in [0, 0.1) is 12.7 Å².